The van der Waals surface area contributed by atoms with Gasteiger partial charge < -0.3 is 29.3 Å². The molecule has 3 saturated heterocycles. The average molecular weight is 698 g/mol. The normalized spacial score (nSPS) is 25.6. The molecule has 50 heavy (non-hydrogen) atoms. The molecule has 0 radical (unpaired) electrons. The van der Waals surface area contributed by atoms with E-state index in [1.807, 2.05) is 56.3 Å². The summed E-state index contributed by atoms with van der Waals surface area (Å²) >= 11 is 6.21. The van der Waals surface area contributed by atoms with Gasteiger partial charge in [-0.25, -0.2) is 0 Å². The van der Waals surface area contributed by atoms with Crippen molar-refractivity contribution in [1.82, 2.24) is 4.90 Å². The Kier molecular flexibility index (Phi) is 10.2. The zero-order valence-corrected chi connectivity index (χ0v) is 29.3. The van der Waals surface area contributed by atoms with Gasteiger partial charge in [0.1, 0.15) is 17.4 Å². The Morgan fingerprint density at radius 2 is 1.58 bits per heavy atom. The second-order valence-corrected chi connectivity index (χ2v) is 13.8. The van der Waals surface area contributed by atoms with Crippen LogP contribution < -0.4 is 14.5 Å². The molecule has 2 unspecified atom stereocenters. The van der Waals surface area contributed by atoms with E-state index in [0.717, 1.165) is 5.56 Å². The van der Waals surface area contributed by atoms with E-state index in [1.165, 1.54) is 4.90 Å². The lowest BCUT2D eigenvalue weighted by atomic mass is 9.66. The van der Waals surface area contributed by atoms with Crippen LogP contribution in [-0.4, -0.2) is 77.3 Å². The SMILES string of the molecule is C=CCN(C(=O)C1N([C@@H](CO)Cc2ccccc2)C(=O)[C@@H]2[C@H](C(=O)N(CC=C)c3ccc(OCC)cc3)[C@]3(C)CCC12O3)c1ccc(Cl)cc1. The lowest BCUT2D eigenvalue weighted by molar-refractivity contribution is -0.148. The number of fused-ring (bicyclic) bond motifs is 1. The van der Waals surface area contributed by atoms with E-state index in [4.69, 9.17) is 21.1 Å². The largest absolute Gasteiger partial charge is 0.494 e. The second kappa shape index (κ2) is 14.4. The summed E-state index contributed by atoms with van der Waals surface area (Å²) in [5.41, 5.74) is -0.208. The lowest BCUT2D eigenvalue weighted by Gasteiger charge is -2.39. The molecule has 3 aliphatic rings. The van der Waals surface area contributed by atoms with E-state index in [1.54, 1.807) is 58.4 Å². The lowest BCUT2D eigenvalue weighted by Crippen LogP contribution is -2.59. The minimum atomic E-state index is -1.31. The van der Waals surface area contributed by atoms with Gasteiger partial charge in [-0.3, -0.25) is 14.4 Å². The Balaban J connectivity index is 1.45. The number of aliphatic hydroxyl groups excluding tert-OH is 1. The molecular formula is C40H44ClN3O6. The minimum Gasteiger partial charge on any atom is -0.494 e. The van der Waals surface area contributed by atoms with E-state index >= 15 is 9.59 Å². The van der Waals surface area contributed by atoms with Gasteiger partial charge in [0.2, 0.25) is 11.8 Å². The van der Waals surface area contributed by atoms with Crippen molar-refractivity contribution in [2.24, 2.45) is 11.8 Å². The van der Waals surface area contributed by atoms with Gasteiger partial charge in [-0.15, -0.1) is 13.2 Å². The highest BCUT2D eigenvalue weighted by atomic mass is 35.5. The van der Waals surface area contributed by atoms with Gasteiger partial charge in [-0.2, -0.15) is 0 Å². The number of carbonyl (C=O) groups excluding carboxylic acids is 3. The first-order valence-electron chi connectivity index (χ1n) is 17.1. The zero-order valence-electron chi connectivity index (χ0n) is 28.5. The third-order valence-electron chi connectivity index (χ3n) is 10.4. The molecule has 0 saturated carbocycles. The Labute approximate surface area is 298 Å². The molecule has 2 bridgehead atoms. The maximum Gasteiger partial charge on any atom is 0.253 e. The van der Waals surface area contributed by atoms with Crippen LogP contribution in [0.2, 0.25) is 5.02 Å². The van der Waals surface area contributed by atoms with Crippen LogP contribution in [0.5, 0.6) is 5.75 Å². The summed E-state index contributed by atoms with van der Waals surface area (Å²) in [4.78, 5) is 49.7. The second-order valence-electron chi connectivity index (χ2n) is 13.4. The first-order valence-corrected chi connectivity index (χ1v) is 17.5. The molecule has 0 aromatic heterocycles. The van der Waals surface area contributed by atoms with E-state index in [0.29, 0.717) is 48.0 Å². The summed E-state index contributed by atoms with van der Waals surface area (Å²) in [6.07, 6.45) is 4.45. The number of carbonyl (C=O) groups is 3. The molecule has 9 nitrogen and oxygen atoms in total. The van der Waals surface area contributed by atoms with Gasteiger partial charge >= 0.3 is 0 Å². The van der Waals surface area contributed by atoms with Crippen molar-refractivity contribution in [3.63, 3.8) is 0 Å². The van der Waals surface area contributed by atoms with Crippen LogP contribution in [0.4, 0.5) is 11.4 Å². The Morgan fingerprint density at radius 3 is 2.16 bits per heavy atom. The fourth-order valence-corrected chi connectivity index (χ4v) is 8.40. The molecule has 1 N–H and O–H groups in total. The number of anilines is 2. The molecule has 10 heteroatoms. The summed E-state index contributed by atoms with van der Waals surface area (Å²) in [6, 6.07) is 21.8. The van der Waals surface area contributed by atoms with Crippen molar-refractivity contribution in [3.8, 4) is 5.75 Å². The number of likely N-dealkylation sites (tertiary alicyclic amines) is 1. The average Bonchev–Trinajstić information content (AvgIpc) is 3.70. The van der Waals surface area contributed by atoms with Crippen LogP contribution in [0.15, 0.2) is 104 Å². The van der Waals surface area contributed by atoms with Gasteiger partial charge in [0.25, 0.3) is 5.91 Å². The van der Waals surface area contributed by atoms with Gasteiger partial charge in [-0.05, 0) is 87.2 Å². The molecule has 6 atom stereocenters. The Bertz CT molecular complexity index is 1730. The molecule has 0 aliphatic carbocycles. The standard InChI is InChI=1S/C40H44ClN3O6/c1-5-23-42(30-17-19-32(20-18-30)49-7-3)36(46)33-34-37(47)44(31(26-45)25-27-11-9-8-10-12-27)35(40(34)22-21-39(33,4)50-40)38(48)43(24-6-2)29-15-13-28(41)14-16-29/h5-6,8-20,31,33-35,45H,1-2,7,21-26H2,3-4H3/t31-,33-,34+,35?,39+,40?/m1/s1. The quantitative estimate of drug-likeness (QED) is 0.213. The molecule has 3 heterocycles. The molecule has 6 rings (SSSR count). The summed E-state index contributed by atoms with van der Waals surface area (Å²) in [6.45, 7) is 12.1. The minimum absolute atomic E-state index is 0.159. The fraction of sp³-hybridized carbons (Fsp3) is 0.375. The highest BCUT2D eigenvalue weighted by Gasteiger charge is 2.79. The van der Waals surface area contributed by atoms with E-state index < -0.39 is 35.1 Å². The number of benzene rings is 3. The van der Waals surface area contributed by atoms with Crippen molar-refractivity contribution in [2.75, 3.05) is 36.1 Å². The van der Waals surface area contributed by atoms with Crippen molar-refractivity contribution in [2.45, 2.75) is 56.4 Å². The first-order chi connectivity index (χ1) is 24.1. The highest BCUT2D eigenvalue weighted by Crippen LogP contribution is 2.64. The first kappa shape index (κ1) is 35.4. The maximum absolute atomic E-state index is 15.1. The number of aliphatic hydroxyl groups is 1. The number of nitrogens with zero attached hydrogens (tertiary/aromatic N) is 3. The van der Waals surface area contributed by atoms with Crippen molar-refractivity contribution < 1.29 is 29.0 Å². The molecule has 1 spiro atoms. The van der Waals surface area contributed by atoms with Crippen LogP contribution in [-0.2, 0) is 25.5 Å². The Morgan fingerprint density at radius 1 is 0.980 bits per heavy atom. The van der Waals surface area contributed by atoms with Crippen LogP contribution in [0.1, 0.15) is 32.3 Å². The van der Waals surface area contributed by atoms with E-state index in [9.17, 15) is 9.90 Å². The van der Waals surface area contributed by atoms with E-state index in [-0.39, 0.29) is 37.4 Å². The monoisotopic (exact) mass is 697 g/mol. The number of halogens is 1. The van der Waals surface area contributed by atoms with Crippen molar-refractivity contribution in [1.29, 1.82) is 0 Å². The molecular weight excluding hydrogens is 654 g/mol. The third-order valence-corrected chi connectivity index (χ3v) is 10.6. The summed E-state index contributed by atoms with van der Waals surface area (Å²) in [7, 11) is 0. The van der Waals surface area contributed by atoms with Gasteiger partial charge in [0.05, 0.1) is 36.7 Å². The molecule has 3 amide bonds. The number of rotatable bonds is 14. The number of hydrogen-bond donors (Lipinski definition) is 1. The topological polar surface area (TPSA) is 99.6 Å². The van der Waals surface area contributed by atoms with Crippen LogP contribution in [0, 0.1) is 11.8 Å². The maximum atomic E-state index is 15.1. The van der Waals surface area contributed by atoms with E-state index in [2.05, 4.69) is 13.2 Å². The Hall–Kier alpha value is -4.44. The predicted octanol–water partition coefficient (Wildman–Crippen LogP) is 5.85. The van der Waals surface area contributed by atoms with Gasteiger partial charge in [-0.1, -0.05) is 54.1 Å². The van der Waals surface area contributed by atoms with Crippen molar-refractivity contribution >= 4 is 40.7 Å². The van der Waals surface area contributed by atoms with Gasteiger partial charge in [0, 0.05) is 29.5 Å². The summed E-state index contributed by atoms with van der Waals surface area (Å²) < 4.78 is 12.6. The summed E-state index contributed by atoms with van der Waals surface area (Å²) in [5.74, 6) is -2.21. The highest BCUT2D eigenvalue weighted by molar-refractivity contribution is 6.30. The smallest absolute Gasteiger partial charge is 0.253 e. The number of hydrogen-bond acceptors (Lipinski definition) is 6. The fourth-order valence-electron chi connectivity index (χ4n) is 8.28. The summed E-state index contributed by atoms with van der Waals surface area (Å²) in [5, 5.41) is 11.4. The molecule has 3 aromatic rings. The van der Waals surface area contributed by atoms with Crippen LogP contribution in [0.3, 0.4) is 0 Å². The molecule has 3 fully saturated rings. The van der Waals surface area contributed by atoms with Crippen LogP contribution >= 0.6 is 11.6 Å². The molecule has 262 valence electrons. The van der Waals surface area contributed by atoms with Gasteiger partial charge in [0.15, 0.2) is 0 Å². The number of amides is 3. The van der Waals surface area contributed by atoms with Crippen molar-refractivity contribution in [3.05, 3.63) is 115 Å². The number of ether oxygens (including phenoxy) is 2. The third kappa shape index (κ3) is 6.12. The molecule has 3 aromatic carbocycles. The molecule has 3 aliphatic heterocycles. The van der Waals surface area contributed by atoms with Crippen LogP contribution in [0.25, 0.3) is 0 Å². The predicted molar refractivity (Wildman–Crippen MR) is 194 cm³/mol. The zero-order chi connectivity index (χ0) is 35.6.